The highest BCUT2D eigenvalue weighted by atomic mass is 16.5. The molecule has 2 aromatic carbocycles. The molecule has 32 heavy (non-hydrogen) atoms. The lowest BCUT2D eigenvalue weighted by molar-refractivity contribution is -0.132. The number of rotatable bonds is 7. The van der Waals surface area contributed by atoms with Gasteiger partial charge in [-0.3, -0.25) is 9.59 Å². The van der Waals surface area contributed by atoms with Crippen molar-refractivity contribution in [1.29, 1.82) is 0 Å². The van der Waals surface area contributed by atoms with Gasteiger partial charge in [0, 0.05) is 49.8 Å². The average molecular weight is 432 g/mol. The summed E-state index contributed by atoms with van der Waals surface area (Å²) in [4.78, 5) is 28.9. The zero-order valence-corrected chi connectivity index (χ0v) is 18.6. The number of carbonyl (C=O) groups excluding carboxylic acids is 2. The fourth-order valence-corrected chi connectivity index (χ4v) is 4.22. The fourth-order valence-electron chi connectivity index (χ4n) is 4.22. The zero-order chi connectivity index (χ0) is 22.5. The molecule has 3 aromatic rings. The summed E-state index contributed by atoms with van der Waals surface area (Å²) in [5, 5.41) is 0. The van der Waals surface area contributed by atoms with Crippen molar-refractivity contribution in [2.45, 2.75) is 19.4 Å². The third-order valence-electron chi connectivity index (χ3n) is 6.11. The molecule has 0 radical (unpaired) electrons. The minimum absolute atomic E-state index is 0.0697. The van der Waals surface area contributed by atoms with Crippen LogP contribution in [0.1, 0.15) is 35.3 Å². The van der Waals surface area contributed by atoms with E-state index < -0.39 is 0 Å². The lowest BCUT2D eigenvalue weighted by atomic mass is 10.0. The number of nitrogens with zero attached hydrogens (tertiary/aromatic N) is 3. The van der Waals surface area contributed by atoms with Crippen molar-refractivity contribution in [1.82, 2.24) is 9.47 Å². The number of aromatic nitrogens is 1. The maximum absolute atomic E-state index is 13.2. The summed E-state index contributed by atoms with van der Waals surface area (Å²) in [6, 6.07) is 19.5. The molecule has 1 aromatic heterocycles. The van der Waals surface area contributed by atoms with Gasteiger partial charge in [-0.05, 0) is 61.0 Å². The van der Waals surface area contributed by atoms with Crippen LogP contribution in [0.4, 0.5) is 5.69 Å². The Hall–Kier alpha value is -3.54. The van der Waals surface area contributed by atoms with Crippen molar-refractivity contribution in [3.8, 4) is 5.75 Å². The number of benzene rings is 2. The van der Waals surface area contributed by atoms with Gasteiger partial charge in [0.05, 0.1) is 19.6 Å². The molecule has 0 saturated carbocycles. The van der Waals surface area contributed by atoms with Crippen molar-refractivity contribution in [2.24, 2.45) is 0 Å². The molecule has 1 atom stereocenters. The van der Waals surface area contributed by atoms with Crippen LogP contribution in [0.15, 0.2) is 73.1 Å². The third-order valence-corrected chi connectivity index (χ3v) is 6.11. The normalized spacial score (nSPS) is 14.8. The van der Waals surface area contributed by atoms with Crippen molar-refractivity contribution in [2.75, 3.05) is 38.2 Å². The molecule has 1 fully saturated rings. The molecular formula is C26H29N3O3. The number of Topliss-reactive ketones (excluding diaryl/α,β-unsaturated/α-hetero) is 1. The summed E-state index contributed by atoms with van der Waals surface area (Å²) in [6.07, 6.45) is 4.40. The van der Waals surface area contributed by atoms with Crippen LogP contribution in [0, 0.1) is 0 Å². The van der Waals surface area contributed by atoms with E-state index in [2.05, 4.69) is 9.47 Å². The summed E-state index contributed by atoms with van der Waals surface area (Å²) < 4.78 is 7.47. The molecule has 6 nitrogen and oxygen atoms in total. The van der Waals surface area contributed by atoms with E-state index in [0.29, 0.717) is 19.5 Å². The molecule has 2 heterocycles. The van der Waals surface area contributed by atoms with Crippen LogP contribution in [0.5, 0.6) is 5.75 Å². The second-order valence-electron chi connectivity index (χ2n) is 8.10. The highest BCUT2D eigenvalue weighted by Crippen LogP contribution is 2.27. The number of methoxy groups -OCH3 is 1. The fraction of sp³-hybridized carbons (Fsp3) is 0.308. The van der Waals surface area contributed by atoms with Gasteiger partial charge in [-0.1, -0.05) is 12.1 Å². The number of anilines is 1. The Morgan fingerprint density at radius 3 is 2.25 bits per heavy atom. The Labute approximate surface area is 189 Å². The minimum atomic E-state index is -0.0789. The molecule has 4 rings (SSSR count). The Morgan fingerprint density at radius 1 is 0.938 bits per heavy atom. The molecule has 6 heteroatoms. The molecule has 1 amide bonds. The molecule has 0 aliphatic carbocycles. The van der Waals surface area contributed by atoms with Crippen molar-refractivity contribution in [3.63, 3.8) is 0 Å². The summed E-state index contributed by atoms with van der Waals surface area (Å²) in [5.41, 5.74) is 2.86. The second kappa shape index (κ2) is 9.73. The first-order valence-electron chi connectivity index (χ1n) is 11.0. The van der Waals surface area contributed by atoms with Gasteiger partial charge in [-0.2, -0.15) is 0 Å². The molecule has 1 saturated heterocycles. The van der Waals surface area contributed by atoms with Gasteiger partial charge in [0.2, 0.25) is 5.91 Å². The van der Waals surface area contributed by atoms with E-state index in [1.165, 1.54) is 0 Å². The van der Waals surface area contributed by atoms with Crippen LogP contribution in [-0.2, 0) is 4.79 Å². The number of ether oxygens (including phenoxy) is 1. The van der Waals surface area contributed by atoms with Gasteiger partial charge in [0.25, 0.3) is 0 Å². The molecular weight excluding hydrogens is 402 g/mol. The standard InChI is InChI=1S/C26H29N3O3/c1-20(30)21-8-10-23(11-9-21)27-14-16-29(17-15-27)26(31)19-25(28-12-3-4-13-28)22-6-5-7-24(18-22)32-2/h3-13,18,25H,14-17,19H2,1-2H3/t25-/m1/s1. The van der Waals surface area contributed by atoms with E-state index in [9.17, 15) is 9.59 Å². The maximum Gasteiger partial charge on any atom is 0.225 e. The van der Waals surface area contributed by atoms with Crippen LogP contribution in [-0.4, -0.2) is 54.4 Å². The topological polar surface area (TPSA) is 54.8 Å². The molecule has 0 bridgehead atoms. The minimum Gasteiger partial charge on any atom is -0.497 e. The van der Waals surface area contributed by atoms with Crippen LogP contribution in [0.2, 0.25) is 0 Å². The van der Waals surface area contributed by atoms with Crippen LogP contribution < -0.4 is 9.64 Å². The summed E-state index contributed by atoms with van der Waals surface area (Å²) in [5.74, 6) is 1.01. The largest absolute Gasteiger partial charge is 0.497 e. The summed E-state index contributed by atoms with van der Waals surface area (Å²) in [7, 11) is 1.65. The van der Waals surface area contributed by atoms with Gasteiger partial charge in [0.15, 0.2) is 5.78 Å². The van der Waals surface area contributed by atoms with E-state index in [-0.39, 0.29) is 17.7 Å². The first kappa shape index (κ1) is 21.7. The van der Waals surface area contributed by atoms with Gasteiger partial charge >= 0.3 is 0 Å². The molecule has 1 aliphatic rings. The predicted molar refractivity (Wildman–Crippen MR) is 125 cm³/mol. The van der Waals surface area contributed by atoms with Crippen molar-refractivity contribution >= 4 is 17.4 Å². The highest BCUT2D eigenvalue weighted by Gasteiger charge is 2.25. The molecule has 0 spiro atoms. The number of ketones is 1. The van der Waals surface area contributed by atoms with Crippen molar-refractivity contribution < 1.29 is 14.3 Å². The second-order valence-corrected chi connectivity index (χ2v) is 8.10. The quantitative estimate of drug-likeness (QED) is 0.530. The monoisotopic (exact) mass is 431 g/mol. The van der Waals surface area contributed by atoms with E-state index in [0.717, 1.165) is 35.7 Å². The smallest absolute Gasteiger partial charge is 0.225 e. The average Bonchev–Trinajstić information content (AvgIpc) is 3.37. The lowest BCUT2D eigenvalue weighted by Crippen LogP contribution is -2.49. The summed E-state index contributed by atoms with van der Waals surface area (Å²) >= 11 is 0. The van der Waals surface area contributed by atoms with Crippen LogP contribution >= 0.6 is 0 Å². The number of amides is 1. The zero-order valence-electron chi connectivity index (χ0n) is 18.6. The molecule has 0 unspecified atom stereocenters. The van der Waals surface area contributed by atoms with E-state index in [4.69, 9.17) is 4.74 Å². The molecule has 0 N–H and O–H groups in total. The number of carbonyl (C=O) groups is 2. The Balaban J connectivity index is 1.42. The number of hydrogen-bond donors (Lipinski definition) is 0. The Kier molecular flexibility index (Phi) is 6.59. The van der Waals surface area contributed by atoms with E-state index in [1.807, 2.05) is 78.0 Å². The Bertz CT molecular complexity index is 1050. The molecule has 1 aliphatic heterocycles. The number of piperazine rings is 1. The highest BCUT2D eigenvalue weighted by molar-refractivity contribution is 5.94. The Morgan fingerprint density at radius 2 is 1.62 bits per heavy atom. The van der Waals surface area contributed by atoms with Crippen LogP contribution in [0.25, 0.3) is 0 Å². The third kappa shape index (κ3) is 4.85. The summed E-state index contributed by atoms with van der Waals surface area (Å²) in [6.45, 7) is 4.50. The first-order chi connectivity index (χ1) is 15.5. The first-order valence-corrected chi connectivity index (χ1v) is 11.0. The van der Waals surface area contributed by atoms with Crippen molar-refractivity contribution in [3.05, 3.63) is 84.2 Å². The van der Waals surface area contributed by atoms with Gasteiger partial charge in [-0.25, -0.2) is 0 Å². The van der Waals surface area contributed by atoms with Gasteiger partial charge in [0.1, 0.15) is 5.75 Å². The lowest BCUT2D eigenvalue weighted by Gasteiger charge is -2.37. The van der Waals surface area contributed by atoms with Crippen LogP contribution in [0.3, 0.4) is 0 Å². The van der Waals surface area contributed by atoms with Gasteiger partial charge < -0.3 is 19.1 Å². The maximum atomic E-state index is 13.2. The van der Waals surface area contributed by atoms with Gasteiger partial charge in [-0.15, -0.1) is 0 Å². The predicted octanol–water partition coefficient (Wildman–Crippen LogP) is 4.03. The number of hydrogen-bond acceptors (Lipinski definition) is 4. The SMILES string of the molecule is COc1cccc([C@@H](CC(=O)N2CCN(c3ccc(C(C)=O)cc3)CC2)n2cccc2)c1. The molecule has 166 valence electrons. The van der Waals surface area contributed by atoms with E-state index >= 15 is 0 Å². The van der Waals surface area contributed by atoms with E-state index in [1.54, 1.807) is 14.0 Å².